The fourth-order valence-corrected chi connectivity index (χ4v) is 2.73. The molecule has 3 nitrogen and oxygen atoms in total. The third kappa shape index (κ3) is 2.15. The lowest BCUT2D eigenvalue weighted by Gasteiger charge is -2.09. The lowest BCUT2D eigenvalue weighted by atomic mass is 10.3. The smallest absolute Gasteiger partial charge is 0.178 e. The second-order valence-electron chi connectivity index (χ2n) is 3.84. The van der Waals surface area contributed by atoms with Gasteiger partial charge in [-0.15, -0.1) is 33.1 Å². The van der Waals surface area contributed by atoms with Gasteiger partial charge in [0.2, 0.25) is 0 Å². The van der Waals surface area contributed by atoms with Gasteiger partial charge in [-0.2, -0.15) is 0 Å². The second kappa shape index (κ2) is 5.11. The highest BCUT2D eigenvalue weighted by molar-refractivity contribution is 7.13. The van der Waals surface area contributed by atoms with Crippen LogP contribution in [-0.2, 0) is 5.88 Å². The molecule has 0 atom stereocenters. The highest BCUT2D eigenvalue weighted by atomic mass is 35.5. The van der Waals surface area contributed by atoms with E-state index in [0.29, 0.717) is 17.3 Å². The van der Waals surface area contributed by atoms with Gasteiger partial charge in [-0.25, -0.2) is 4.39 Å². The number of hydrogen-bond donors (Lipinski definition) is 0. The molecule has 0 N–H and O–H groups in total. The van der Waals surface area contributed by atoms with E-state index in [1.54, 1.807) is 22.8 Å². The van der Waals surface area contributed by atoms with Crippen LogP contribution < -0.4 is 0 Å². The Balaban J connectivity index is 2.25. The fraction of sp³-hybridized carbons (Fsp3) is 0.0769. The van der Waals surface area contributed by atoms with Crippen molar-refractivity contribution in [3.05, 3.63) is 53.4 Å². The summed E-state index contributed by atoms with van der Waals surface area (Å²) in [6, 6.07) is 10.4. The van der Waals surface area contributed by atoms with Crippen LogP contribution in [0.2, 0.25) is 0 Å². The number of alkyl halides is 1. The maximum atomic E-state index is 14.0. The summed E-state index contributed by atoms with van der Waals surface area (Å²) in [5.41, 5.74) is 0.409. The molecule has 6 heteroatoms. The quantitative estimate of drug-likeness (QED) is 0.686. The molecule has 0 saturated carbocycles. The van der Waals surface area contributed by atoms with E-state index in [4.69, 9.17) is 11.6 Å². The predicted molar refractivity (Wildman–Crippen MR) is 74.2 cm³/mol. The van der Waals surface area contributed by atoms with E-state index < -0.39 is 0 Å². The van der Waals surface area contributed by atoms with E-state index >= 15 is 0 Å². The average Bonchev–Trinajstić information content (AvgIpc) is 3.07. The van der Waals surface area contributed by atoms with Crippen LogP contribution in [0.15, 0.2) is 41.8 Å². The topological polar surface area (TPSA) is 30.7 Å². The van der Waals surface area contributed by atoms with E-state index in [1.165, 1.54) is 17.4 Å². The Kier molecular flexibility index (Phi) is 3.31. The summed E-state index contributed by atoms with van der Waals surface area (Å²) in [5.74, 6) is 0.976. The van der Waals surface area contributed by atoms with Gasteiger partial charge in [0, 0.05) is 0 Å². The molecule has 0 unspecified atom stereocenters. The van der Waals surface area contributed by atoms with Crippen LogP contribution in [0.5, 0.6) is 0 Å². The lowest BCUT2D eigenvalue weighted by molar-refractivity contribution is 0.617. The molecule has 3 aromatic rings. The van der Waals surface area contributed by atoms with Gasteiger partial charge in [-0.1, -0.05) is 18.2 Å². The minimum absolute atomic E-state index is 0.173. The highest BCUT2D eigenvalue weighted by Gasteiger charge is 2.17. The van der Waals surface area contributed by atoms with Gasteiger partial charge in [0.1, 0.15) is 5.82 Å². The Labute approximate surface area is 118 Å². The molecule has 0 aliphatic heterocycles. The van der Waals surface area contributed by atoms with Crippen molar-refractivity contribution in [2.75, 3.05) is 0 Å². The Morgan fingerprint density at radius 1 is 1.16 bits per heavy atom. The number of benzene rings is 1. The van der Waals surface area contributed by atoms with E-state index in [0.717, 1.165) is 4.88 Å². The van der Waals surface area contributed by atoms with Crippen LogP contribution in [0.4, 0.5) is 4.39 Å². The van der Waals surface area contributed by atoms with Gasteiger partial charge in [0.15, 0.2) is 11.6 Å². The Morgan fingerprint density at radius 3 is 2.68 bits per heavy atom. The van der Waals surface area contributed by atoms with Gasteiger partial charge >= 0.3 is 0 Å². The molecule has 0 saturated heterocycles. The first-order chi connectivity index (χ1) is 9.31. The largest absolute Gasteiger partial charge is 0.274 e. The molecule has 1 aromatic carbocycles. The summed E-state index contributed by atoms with van der Waals surface area (Å²) < 4.78 is 15.6. The van der Waals surface area contributed by atoms with Gasteiger partial charge in [0.05, 0.1) is 16.4 Å². The van der Waals surface area contributed by atoms with Crippen molar-refractivity contribution < 1.29 is 4.39 Å². The van der Waals surface area contributed by atoms with Crippen molar-refractivity contribution in [3.63, 3.8) is 0 Å². The van der Waals surface area contributed by atoms with E-state index in [9.17, 15) is 4.39 Å². The molecule has 0 aliphatic rings. The highest BCUT2D eigenvalue weighted by Crippen LogP contribution is 2.28. The standard InChI is InChI=1S/C13H9ClFN3S/c14-8-12-16-17-13(11-6-3-7-19-11)18(12)10-5-2-1-4-9(10)15/h1-7H,8H2. The van der Waals surface area contributed by atoms with E-state index in [-0.39, 0.29) is 11.7 Å². The number of para-hydroxylation sites is 1. The maximum Gasteiger partial charge on any atom is 0.178 e. The SMILES string of the molecule is Fc1ccccc1-n1c(CCl)nnc1-c1cccs1. The molecule has 0 radical (unpaired) electrons. The summed E-state index contributed by atoms with van der Waals surface area (Å²) in [5, 5.41) is 10.1. The minimum Gasteiger partial charge on any atom is -0.274 e. The number of halogens is 2. The van der Waals surface area contributed by atoms with Crippen LogP contribution in [0.3, 0.4) is 0 Å². The van der Waals surface area contributed by atoms with E-state index in [1.807, 2.05) is 17.5 Å². The molecule has 2 aromatic heterocycles. The van der Waals surface area contributed by atoms with Crippen molar-refractivity contribution in [1.82, 2.24) is 14.8 Å². The number of thiophene rings is 1. The van der Waals surface area contributed by atoms with Crippen LogP contribution in [0.25, 0.3) is 16.4 Å². The number of hydrogen-bond acceptors (Lipinski definition) is 3. The van der Waals surface area contributed by atoms with Crippen LogP contribution in [0, 0.1) is 5.82 Å². The molecule has 19 heavy (non-hydrogen) atoms. The van der Waals surface area contributed by atoms with Gasteiger partial charge < -0.3 is 0 Å². The molecular weight excluding hydrogens is 285 g/mol. The summed E-state index contributed by atoms with van der Waals surface area (Å²) in [7, 11) is 0. The van der Waals surface area contributed by atoms with Crippen molar-refractivity contribution in [2.24, 2.45) is 0 Å². The van der Waals surface area contributed by atoms with E-state index in [2.05, 4.69) is 10.2 Å². The zero-order chi connectivity index (χ0) is 13.2. The second-order valence-corrected chi connectivity index (χ2v) is 5.05. The van der Waals surface area contributed by atoms with Crippen LogP contribution in [-0.4, -0.2) is 14.8 Å². The number of nitrogens with zero attached hydrogens (tertiary/aromatic N) is 3. The Morgan fingerprint density at radius 2 is 2.00 bits per heavy atom. The first-order valence-electron chi connectivity index (χ1n) is 5.60. The summed E-state index contributed by atoms with van der Waals surface area (Å²) in [6.45, 7) is 0. The van der Waals surface area contributed by atoms with Crippen molar-refractivity contribution in [2.45, 2.75) is 5.88 Å². The molecule has 2 heterocycles. The molecule has 96 valence electrons. The minimum atomic E-state index is -0.327. The molecule has 0 fully saturated rings. The zero-order valence-corrected chi connectivity index (χ0v) is 11.3. The third-order valence-electron chi connectivity index (χ3n) is 2.68. The normalized spacial score (nSPS) is 10.8. The first-order valence-corrected chi connectivity index (χ1v) is 7.01. The monoisotopic (exact) mass is 293 g/mol. The number of aromatic nitrogens is 3. The number of rotatable bonds is 3. The van der Waals surface area contributed by atoms with Gasteiger partial charge in [-0.3, -0.25) is 4.57 Å². The summed E-state index contributed by atoms with van der Waals surface area (Å²) >= 11 is 7.39. The summed E-state index contributed by atoms with van der Waals surface area (Å²) in [4.78, 5) is 0.923. The molecule has 0 aliphatic carbocycles. The zero-order valence-electron chi connectivity index (χ0n) is 9.75. The van der Waals surface area contributed by atoms with Crippen molar-refractivity contribution in [3.8, 4) is 16.4 Å². The van der Waals surface area contributed by atoms with Gasteiger partial charge in [-0.05, 0) is 23.6 Å². The van der Waals surface area contributed by atoms with Crippen molar-refractivity contribution >= 4 is 22.9 Å². The molecule has 0 amide bonds. The molecule has 0 spiro atoms. The summed E-state index contributed by atoms with van der Waals surface area (Å²) in [6.07, 6.45) is 0. The van der Waals surface area contributed by atoms with Crippen LogP contribution in [0.1, 0.15) is 5.82 Å². The Bertz CT molecular complexity index is 694. The predicted octanol–water partition coefficient (Wildman–Crippen LogP) is 3.87. The third-order valence-corrected chi connectivity index (χ3v) is 3.79. The van der Waals surface area contributed by atoms with Crippen molar-refractivity contribution in [1.29, 1.82) is 0 Å². The average molecular weight is 294 g/mol. The van der Waals surface area contributed by atoms with Gasteiger partial charge in [0.25, 0.3) is 0 Å². The maximum absolute atomic E-state index is 14.0. The molecular formula is C13H9ClFN3S. The van der Waals surface area contributed by atoms with Crippen LogP contribution >= 0.6 is 22.9 Å². The fourth-order valence-electron chi connectivity index (χ4n) is 1.85. The molecule has 3 rings (SSSR count). The first kappa shape index (κ1) is 12.3. The lowest BCUT2D eigenvalue weighted by Crippen LogP contribution is -2.03. The molecule has 0 bridgehead atoms. The Hall–Kier alpha value is -1.72.